The van der Waals surface area contributed by atoms with E-state index in [-0.39, 0.29) is 0 Å². The Hall–Kier alpha value is -7.64. The zero-order chi connectivity index (χ0) is 41.0. The fourth-order valence-electron chi connectivity index (χ4n) is 8.62. The summed E-state index contributed by atoms with van der Waals surface area (Å²) in [5.41, 5.74) is 11.7. The van der Waals surface area contributed by atoms with Crippen molar-refractivity contribution >= 4 is 63.8 Å². The molecule has 0 aliphatic carbocycles. The minimum absolute atomic E-state index is 0.630. The van der Waals surface area contributed by atoms with E-state index in [0.717, 1.165) is 55.5 Å². The van der Waals surface area contributed by atoms with Gasteiger partial charge in [0.15, 0.2) is 17.5 Å². The van der Waals surface area contributed by atoms with E-state index in [1.54, 1.807) is 0 Å². The smallest absolute Gasteiger partial charge is 0.164 e. The van der Waals surface area contributed by atoms with Crippen molar-refractivity contribution in [3.63, 3.8) is 0 Å². The van der Waals surface area contributed by atoms with Crippen molar-refractivity contribution in [2.75, 3.05) is 0 Å². The van der Waals surface area contributed by atoms with Crippen molar-refractivity contribution < 1.29 is 0 Å². The molecule has 0 saturated heterocycles. The lowest BCUT2D eigenvalue weighted by molar-refractivity contribution is 1.07. The molecule has 12 rings (SSSR count). The molecule has 0 bridgehead atoms. The third-order valence-corrected chi connectivity index (χ3v) is 14.0. The molecule has 0 atom stereocenters. The molecule has 4 aromatic heterocycles. The van der Waals surface area contributed by atoms with Crippen LogP contribution in [0.5, 0.6) is 0 Å². The first-order chi connectivity index (χ1) is 30.7. The Morgan fingerprint density at radius 1 is 0.323 bits per heavy atom. The van der Waals surface area contributed by atoms with Crippen molar-refractivity contribution in [3.05, 3.63) is 206 Å². The van der Waals surface area contributed by atoms with Crippen molar-refractivity contribution in [1.29, 1.82) is 0 Å². The molecule has 12 aromatic rings. The fourth-order valence-corrected chi connectivity index (χ4v) is 11.3. The third-order valence-electron chi connectivity index (χ3n) is 11.5. The number of nitrogens with zero attached hydrogens (tertiary/aromatic N) is 4. The largest absolute Gasteiger partial charge is 0.246 e. The Kier molecular flexibility index (Phi) is 8.84. The molecule has 0 spiro atoms. The SMILES string of the molecule is c1ccc(-c2nc(-c3ccccc3)nc(-c3cccc(-c4cccc(-c5c(-c6cccc7c6sc6ccccc67)sc6c(-c7ccccc7)nc7ccccc7c56)c4)c3)n2)cc1. The molecule has 4 nitrogen and oxygen atoms in total. The molecule has 62 heavy (non-hydrogen) atoms. The highest BCUT2D eigenvalue weighted by Gasteiger charge is 2.24. The van der Waals surface area contributed by atoms with Crippen LogP contribution in [0.2, 0.25) is 0 Å². The van der Waals surface area contributed by atoms with Crippen LogP contribution in [-0.2, 0) is 0 Å². The summed E-state index contributed by atoms with van der Waals surface area (Å²) in [6, 6.07) is 72.6. The van der Waals surface area contributed by atoms with Gasteiger partial charge in [-0.3, -0.25) is 0 Å². The maximum Gasteiger partial charge on any atom is 0.164 e. The molecule has 0 saturated carbocycles. The molecule has 0 aliphatic heterocycles. The van der Waals surface area contributed by atoms with Crippen LogP contribution < -0.4 is 0 Å². The van der Waals surface area contributed by atoms with Gasteiger partial charge in [-0.25, -0.2) is 19.9 Å². The number of hydrogen-bond acceptors (Lipinski definition) is 6. The summed E-state index contributed by atoms with van der Waals surface area (Å²) in [5, 5.41) is 4.95. The van der Waals surface area contributed by atoms with Gasteiger partial charge in [0.05, 0.1) is 15.9 Å². The van der Waals surface area contributed by atoms with E-state index >= 15 is 0 Å². The zero-order valence-electron chi connectivity index (χ0n) is 33.2. The second kappa shape index (κ2) is 15.1. The Balaban J connectivity index is 1.07. The maximum absolute atomic E-state index is 5.36. The average molecular weight is 827 g/mol. The molecule has 0 radical (unpaired) electrons. The molecule has 0 unspecified atom stereocenters. The number of aromatic nitrogens is 4. The van der Waals surface area contributed by atoms with Gasteiger partial charge < -0.3 is 0 Å². The molecule has 8 aromatic carbocycles. The number of benzene rings is 8. The molecule has 4 heterocycles. The summed E-state index contributed by atoms with van der Waals surface area (Å²) in [7, 11) is 0. The number of para-hydroxylation sites is 1. The molecule has 290 valence electrons. The topological polar surface area (TPSA) is 51.6 Å². The monoisotopic (exact) mass is 826 g/mol. The van der Waals surface area contributed by atoms with E-state index in [1.807, 2.05) is 83.3 Å². The first kappa shape index (κ1) is 36.2. The highest BCUT2D eigenvalue weighted by molar-refractivity contribution is 7.27. The molecule has 6 heteroatoms. The number of pyridine rings is 1. The molecule has 0 N–H and O–H groups in total. The summed E-state index contributed by atoms with van der Waals surface area (Å²) in [5.74, 6) is 1.92. The van der Waals surface area contributed by atoms with Crippen LogP contribution in [0.3, 0.4) is 0 Å². The minimum atomic E-state index is 0.630. The van der Waals surface area contributed by atoms with Crippen molar-refractivity contribution in [1.82, 2.24) is 19.9 Å². The van der Waals surface area contributed by atoms with Crippen LogP contribution in [0.4, 0.5) is 0 Å². The second-order valence-electron chi connectivity index (χ2n) is 15.3. The van der Waals surface area contributed by atoms with Gasteiger partial charge in [-0.2, -0.15) is 0 Å². The Labute approximate surface area is 366 Å². The summed E-state index contributed by atoms with van der Waals surface area (Å²) >= 11 is 3.73. The van der Waals surface area contributed by atoms with Crippen LogP contribution in [0.1, 0.15) is 0 Å². The molecular formula is C56H34N4S2. The van der Waals surface area contributed by atoms with E-state index in [2.05, 4.69) is 146 Å². The number of thiophene rings is 2. The molecule has 0 fully saturated rings. The first-order valence-corrected chi connectivity index (χ1v) is 22.3. The van der Waals surface area contributed by atoms with Gasteiger partial charge in [0, 0.05) is 69.2 Å². The van der Waals surface area contributed by atoms with Crippen LogP contribution >= 0.6 is 22.7 Å². The van der Waals surface area contributed by atoms with E-state index in [4.69, 9.17) is 19.9 Å². The van der Waals surface area contributed by atoms with Crippen LogP contribution in [-0.4, -0.2) is 19.9 Å². The van der Waals surface area contributed by atoms with Gasteiger partial charge in [-0.15, -0.1) is 22.7 Å². The van der Waals surface area contributed by atoms with Gasteiger partial charge >= 0.3 is 0 Å². The number of fused-ring (bicyclic) bond motifs is 6. The van der Waals surface area contributed by atoms with Crippen molar-refractivity contribution in [2.24, 2.45) is 0 Å². The third kappa shape index (κ3) is 6.28. The Bertz CT molecular complexity index is 3580. The van der Waals surface area contributed by atoms with E-state index in [1.165, 1.54) is 46.3 Å². The van der Waals surface area contributed by atoms with Gasteiger partial charge in [0.1, 0.15) is 0 Å². The second-order valence-corrected chi connectivity index (χ2v) is 17.4. The quantitative estimate of drug-likeness (QED) is 0.161. The maximum atomic E-state index is 5.36. The van der Waals surface area contributed by atoms with E-state index in [0.29, 0.717) is 17.5 Å². The highest BCUT2D eigenvalue weighted by atomic mass is 32.1. The predicted octanol–water partition coefficient (Wildman–Crippen LogP) is 15.7. The van der Waals surface area contributed by atoms with Crippen LogP contribution in [0, 0.1) is 0 Å². The normalized spacial score (nSPS) is 11.5. The van der Waals surface area contributed by atoms with Gasteiger partial charge in [0.25, 0.3) is 0 Å². The summed E-state index contributed by atoms with van der Waals surface area (Å²) in [6.45, 7) is 0. The Morgan fingerprint density at radius 2 is 0.823 bits per heavy atom. The van der Waals surface area contributed by atoms with Crippen LogP contribution in [0.15, 0.2) is 206 Å². The highest BCUT2D eigenvalue weighted by Crippen LogP contribution is 2.53. The number of hydrogen-bond donors (Lipinski definition) is 0. The number of rotatable bonds is 7. The average Bonchev–Trinajstić information content (AvgIpc) is 3.95. The van der Waals surface area contributed by atoms with Crippen molar-refractivity contribution in [2.45, 2.75) is 0 Å². The predicted molar refractivity (Wildman–Crippen MR) is 261 cm³/mol. The molecule has 0 amide bonds. The molecular weight excluding hydrogens is 793 g/mol. The minimum Gasteiger partial charge on any atom is -0.246 e. The van der Waals surface area contributed by atoms with Gasteiger partial charge in [0.2, 0.25) is 0 Å². The summed E-state index contributed by atoms with van der Waals surface area (Å²) < 4.78 is 3.77. The first-order valence-electron chi connectivity index (χ1n) is 20.6. The lowest BCUT2D eigenvalue weighted by Gasteiger charge is -2.12. The summed E-state index contributed by atoms with van der Waals surface area (Å²) in [4.78, 5) is 21.6. The van der Waals surface area contributed by atoms with E-state index < -0.39 is 0 Å². The fraction of sp³-hybridized carbons (Fsp3) is 0. The van der Waals surface area contributed by atoms with E-state index in [9.17, 15) is 0 Å². The zero-order valence-corrected chi connectivity index (χ0v) is 34.9. The lowest BCUT2D eigenvalue weighted by atomic mass is 9.92. The molecule has 0 aliphatic rings. The van der Waals surface area contributed by atoms with Crippen LogP contribution in [0.25, 0.3) is 119 Å². The van der Waals surface area contributed by atoms with Gasteiger partial charge in [-0.1, -0.05) is 182 Å². The summed E-state index contributed by atoms with van der Waals surface area (Å²) in [6.07, 6.45) is 0. The standard InChI is InChI=1S/C56H34N4S2/c1-4-17-35(18-5-1)50-53-49(44-28-10-12-31-46(44)57-50)48(52(62-53)45-30-16-29-43-42-27-11-13-32-47(42)61-51(43)45)40-25-14-23-38(33-40)39-24-15-26-41(34-39)56-59-54(36-19-6-2-7-20-36)58-55(60-56)37-21-8-3-9-22-37/h1-34H. The lowest BCUT2D eigenvalue weighted by Crippen LogP contribution is -2.00. The van der Waals surface area contributed by atoms with Gasteiger partial charge in [-0.05, 0) is 41.0 Å². The van der Waals surface area contributed by atoms with Crippen molar-refractivity contribution in [3.8, 4) is 78.1 Å². The Morgan fingerprint density at radius 3 is 1.52 bits per heavy atom.